The predicted molar refractivity (Wildman–Crippen MR) is 90.5 cm³/mol. The number of benzene rings is 2. The van der Waals surface area contributed by atoms with Crippen LogP contribution in [-0.4, -0.2) is 23.9 Å². The van der Waals surface area contributed by atoms with E-state index in [1.165, 1.54) is 18.2 Å². The smallest absolute Gasteiger partial charge is 0.271 e. The van der Waals surface area contributed by atoms with Gasteiger partial charge in [0.1, 0.15) is 17.8 Å². The highest BCUT2D eigenvalue weighted by Gasteiger charge is 2.14. The monoisotopic (exact) mass is 334 g/mol. The minimum atomic E-state index is -0.524. The molecule has 0 aromatic heterocycles. The number of non-ortho nitro benzene ring substituents is 1. The summed E-state index contributed by atoms with van der Waals surface area (Å²) in [6.07, 6.45) is 0. The molecule has 0 atom stereocenters. The third-order valence-electron chi connectivity index (χ3n) is 3.29. The van der Waals surface area contributed by atoms with Crippen molar-refractivity contribution >= 4 is 17.1 Å². The molecule has 0 amide bonds. The maximum atomic E-state index is 10.8. The highest BCUT2D eigenvalue weighted by molar-refractivity contribution is 5.63. The van der Waals surface area contributed by atoms with E-state index in [2.05, 4.69) is 10.2 Å². The molecule has 0 fully saturated rings. The minimum absolute atomic E-state index is 0.101. The minimum Gasteiger partial charge on any atom is -0.305 e. The van der Waals surface area contributed by atoms with Crippen molar-refractivity contribution in [2.24, 2.45) is 10.2 Å². The zero-order valence-electron chi connectivity index (χ0n) is 13.7. The molecule has 0 saturated carbocycles. The van der Waals surface area contributed by atoms with Gasteiger partial charge in [0.2, 0.25) is 0 Å². The Morgan fingerprint density at radius 2 is 1.84 bits per heavy atom. The van der Waals surface area contributed by atoms with Crippen molar-refractivity contribution in [3.05, 3.63) is 63.2 Å². The number of nitro groups is 1. The molecule has 8 nitrogen and oxygen atoms in total. The fourth-order valence-electron chi connectivity index (χ4n) is 2.21. The van der Waals surface area contributed by atoms with E-state index in [1.807, 2.05) is 31.1 Å². The lowest BCUT2D eigenvalue weighted by atomic mass is 10.0. The van der Waals surface area contributed by atoms with Crippen molar-refractivity contribution in [3.63, 3.8) is 0 Å². The molecule has 124 valence electrons. The second-order valence-corrected chi connectivity index (χ2v) is 5.43. The van der Waals surface area contributed by atoms with E-state index in [1.54, 1.807) is 18.2 Å². The summed E-state index contributed by atoms with van der Waals surface area (Å²) in [5.41, 5.74) is 1.54. The molecular formula is C17H14N6O2. The standard InChI is InChI=1S/C17H14N6O2/c1-22(2)11-12-6-7-17(16(10-19)15(12)9-18)21-20-13-4-3-5-14(8-13)23(24)25/h3-8H,11H2,1-2H3. The third kappa shape index (κ3) is 4.22. The molecule has 25 heavy (non-hydrogen) atoms. The molecule has 0 N–H and O–H groups in total. The average Bonchev–Trinajstić information content (AvgIpc) is 2.59. The first-order chi connectivity index (χ1) is 12.0. The largest absolute Gasteiger partial charge is 0.305 e. The van der Waals surface area contributed by atoms with E-state index < -0.39 is 4.92 Å². The Kier molecular flexibility index (Phi) is 5.51. The van der Waals surface area contributed by atoms with Crippen molar-refractivity contribution in [3.8, 4) is 12.1 Å². The Labute approximate surface area is 144 Å². The van der Waals surface area contributed by atoms with Crippen LogP contribution in [0.2, 0.25) is 0 Å². The molecule has 0 spiro atoms. The number of hydrogen-bond donors (Lipinski definition) is 0. The number of azo groups is 1. The molecule has 2 aromatic carbocycles. The molecule has 0 aliphatic carbocycles. The van der Waals surface area contributed by atoms with Gasteiger partial charge in [-0.25, -0.2) is 0 Å². The van der Waals surface area contributed by atoms with Gasteiger partial charge in [-0.1, -0.05) is 12.1 Å². The van der Waals surface area contributed by atoms with Gasteiger partial charge >= 0.3 is 0 Å². The van der Waals surface area contributed by atoms with Crippen LogP contribution in [0.4, 0.5) is 17.1 Å². The van der Waals surface area contributed by atoms with Crippen LogP contribution in [0.25, 0.3) is 0 Å². The molecule has 0 radical (unpaired) electrons. The van der Waals surface area contributed by atoms with Gasteiger partial charge in [0.15, 0.2) is 0 Å². The van der Waals surface area contributed by atoms with E-state index in [0.29, 0.717) is 6.54 Å². The van der Waals surface area contributed by atoms with Crippen LogP contribution in [0.5, 0.6) is 0 Å². The zero-order chi connectivity index (χ0) is 18.4. The number of nitro benzene ring substituents is 1. The van der Waals surface area contributed by atoms with Gasteiger partial charge in [-0.3, -0.25) is 10.1 Å². The lowest BCUT2D eigenvalue weighted by Gasteiger charge is -2.12. The molecular weight excluding hydrogens is 320 g/mol. The second kappa shape index (κ2) is 7.77. The summed E-state index contributed by atoms with van der Waals surface area (Å²) in [5.74, 6) is 0. The second-order valence-electron chi connectivity index (χ2n) is 5.43. The lowest BCUT2D eigenvalue weighted by Crippen LogP contribution is -2.12. The average molecular weight is 334 g/mol. The van der Waals surface area contributed by atoms with Crippen molar-refractivity contribution in [2.45, 2.75) is 6.54 Å². The summed E-state index contributed by atoms with van der Waals surface area (Å²) in [5, 5.41) is 37.5. The molecule has 2 rings (SSSR count). The maximum absolute atomic E-state index is 10.8. The first-order valence-corrected chi connectivity index (χ1v) is 7.23. The normalized spacial score (nSPS) is 10.6. The molecule has 0 saturated heterocycles. The predicted octanol–water partition coefficient (Wildman–Crippen LogP) is 3.82. The van der Waals surface area contributed by atoms with Gasteiger partial charge in [-0.05, 0) is 31.8 Å². The van der Waals surface area contributed by atoms with Gasteiger partial charge in [0.05, 0.1) is 21.7 Å². The molecule has 0 unspecified atom stereocenters. The molecule has 0 aliphatic rings. The fraction of sp³-hybridized carbons (Fsp3) is 0.176. The first-order valence-electron chi connectivity index (χ1n) is 7.23. The van der Waals surface area contributed by atoms with Crippen LogP contribution in [0.3, 0.4) is 0 Å². The number of hydrogen-bond acceptors (Lipinski definition) is 7. The summed E-state index contributed by atoms with van der Waals surface area (Å²) >= 11 is 0. The molecule has 0 aliphatic heterocycles. The maximum Gasteiger partial charge on any atom is 0.271 e. The van der Waals surface area contributed by atoms with E-state index in [9.17, 15) is 20.6 Å². The third-order valence-corrected chi connectivity index (χ3v) is 3.29. The number of nitriles is 2. The summed E-state index contributed by atoms with van der Waals surface area (Å²) in [4.78, 5) is 12.2. The highest BCUT2D eigenvalue weighted by Crippen LogP contribution is 2.28. The van der Waals surface area contributed by atoms with Gasteiger partial charge in [-0.15, -0.1) is 5.11 Å². The summed E-state index contributed by atoms with van der Waals surface area (Å²) in [6.45, 7) is 0.514. The van der Waals surface area contributed by atoms with Gasteiger partial charge < -0.3 is 4.90 Å². The lowest BCUT2D eigenvalue weighted by molar-refractivity contribution is -0.384. The summed E-state index contributed by atoms with van der Waals surface area (Å²) in [6, 6.07) is 13.1. The fourth-order valence-corrected chi connectivity index (χ4v) is 2.21. The molecule has 8 heteroatoms. The van der Waals surface area contributed by atoms with Crippen LogP contribution >= 0.6 is 0 Å². The van der Waals surface area contributed by atoms with Crippen LogP contribution in [0.15, 0.2) is 46.6 Å². The van der Waals surface area contributed by atoms with Gasteiger partial charge in [0.25, 0.3) is 5.69 Å². The summed E-state index contributed by atoms with van der Waals surface area (Å²) in [7, 11) is 3.73. The van der Waals surface area contributed by atoms with Crippen molar-refractivity contribution < 1.29 is 4.92 Å². The van der Waals surface area contributed by atoms with Crippen LogP contribution < -0.4 is 0 Å². The van der Waals surface area contributed by atoms with Crippen molar-refractivity contribution in [1.82, 2.24) is 4.90 Å². The van der Waals surface area contributed by atoms with Crippen LogP contribution in [0.1, 0.15) is 16.7 Å². The molecule has 0 heterocycles. The topological polar surface area (TPSA) is 119 Å². The summed E-state index contributed by atoms with van der Waals surface area (Å²) < 4.78 is 0. The van der Waals surface area contributed by atoms with E-state index >= 15 is 0 Å². The van der Waals surface area contributed by atoms with E-state index in [-0.39, 0.29) is 28.2 Å². The van der Waals surface area contributed by atoms with Crippen LogP contribution in [0, 0.1) is 32.8 Å². The Bertz CT molecular complexity index is 922. The number of nitrogens with zero attached hydrogens (tertiary/aromatic N) is 6. The van der Waals surface area contributed by atoms with Crippen molar-refractivity contribution in [2.75, 3.05) is 14.1 Å². The SMILES string of the molecule is CN(C)Cc1ccc(N=Nc2cccc([N+](=O)[O-])c2)c(C#N)c1C#N. The zero-order valence-corrected chi connectivity index (χ0v) is 13.7. The Hall–Kier alpha value is -3.62. The van der Waals surface area contributed by atoms with E-state index in [0.717, 1.165) is 5.56 Å². The van der Waals surface area contributed by atoms with Crippen molar-refractivity contribution in [1.29, 1.82) is 10.5 Å². The Balaban J connectivity index is 2.43. The van der Waals surface area contributed by atoms with E-state index in [4.69, 9.17) is 0 Å². The quantitative estimate of drug-likeness (QED) is 0.468. The Morgan fingerprint density at radius 1 is 1.12 bits per heavy atom. The molecule has 0 bridgehead atoms. The Morgan fingerprint density at radius 3 is 2.44 bits per heavy atom. The number of rotatable bonds is 5. The highest BCUT2D eigenvalue weighted by atomic mass is 16.6. The first kappa shape index (κ1) is 17.7. The molecule has 2 aromatic rings. The van der Waals surface area contributed by atoms with Gasteiger partial charge in [0, 0.05) is 18.7 Å². The van der Waals surface area contributed by atoms with Gasteiger partial charge in [-0.2, -0.15) is 15.6 Å². The van der Waals surface area contributed by atoms with Crippen LogP contribution in [-0.2, 0) is 6.54 Å².